The van der Waals surface area contributed by atoms with E-state index in [0.717, 1.165) is 12.8 Å². The van der Waals surface area contributed by atoms with Gasteiger partial charge in [0.25, 0.3) is 15.0 Å². The van der Waals surface area contributed by atoms with Gasteiger partial charge in [-0.25, -0.2) is 8.42 Å². The summed E-state index contributed by atoms with van der Waals surface area (Å²) in [7, 11) is 1.06. The quantitative estimate of drug-likeness (QED) is 0.797. The van der Waals surface area contributed by atoms with E-state index in [9.17, 15) is 26.4 Å². The zero-order valence-corrected chi connectivity index (χ0v) is 12.1. The number of aromatic amines is 1. The van der Waals surface area contributed by atoms with Gasteiger partial charge in [-0.2, -0.15) is 18.3 Å². The SMILES string of the molecule is O=C(NCCC(F)(F)F)c1n[nH]c(C2CC2)c1S(=O)(=O)Cl. The Bertz CT molecular complexity index is 652. The number of rotatable bonds is 5. The molecule has 1 aliphatic rings. The second-order valence-corrected chi connectivity index (χ2v) is 7.15. The van der Waals surface area contributed by atoms with E-state index in [-0.39, 0.29) is 11.6 Å². The molecule has 0 spiro atoms. The largest absolute Gasteiger partial charge is 0.390 e. The number of hydrogen-bond acceptors (Lipinski definition) is 4. The number of carbonyl (C=O) groups is 1. The van der Waals surface area contributed by atoms with E-state index in [1.165, 1.54) is 0 Å². The molecule has 0 unspecified atom stereocenters. The first-order valence-corrected chi connectivity index (χ1v) is 8.28. The second-order valence-electron chi connectivity index (χ2n) is 4.65. The monoisotopic (exact) mass is 345 g/mol. The van der Waals surface area contributed by atoms with Gasteiger partial charge in [0.05, 0.1) is 12.1 Å². The topological polar surface area (TPSA) is 91.9 Å². The fraction of sp³-hybridized carbons (Fsp3) is 0.600. The van der Waals surface area contributed by atoms with Gasteiger partial charge in [0, 0.05) is 23.1 Å². The number of aromatic nitrogens is 2. The highest BCUT2D eigenvalue weighted by atomic mass is 35.7. The van der Waals surface area contributed by atoms with Crippen LogP contribution < -0.4 is 5.32 Å². The highest BCUT2D eigenvalue weighted by Crippen LogP contribution is 2.43. The Balaban J connectivity index is 2.18. The fourth-order valence-electron chi connectivity index (χ4n) is 1.80. The summed E-state index contributed by atoms with van der Waals surface area (Å²) in [5.74, 6) is -1.08. The zero-order chi connectivity index (χ0) is 15.8. The number of nitrogens with zero attached hydrogens (tertiary/aromatic N) is 1. The van der Waals surface area contributed by atoms with Gasteiger partial charge in [0.15, 0.2) is 5.69 Å². The molecule has 1 heterocycles. The molecule has 1 saturated carbocycles. The minimum absolute atomic E-state index is 0.0715. The Labute approximate surface area is 122 Å². The van der Waals surface area contributed by atoms with Gasteiger partial charge in [-0.15, -0.1) is 0 Å². The number of halogens is 4. The summed E-state index contributed by atoms with van der Waals surface area (Å²) in [6.45, 7) is -0.671. The molecular weight excluding hydrogens is 335 g/mol. The maximum Gasteiger partial charge on any atom is 0.390 e. The molecule has 118 valence electrons. The molecule has 1 aromatic heterocycles. The molecule has 0 aliphatic heterocycles. The molecule has 6 nitrogen and oxygen atoms in total. The lowest BCUT2D eigenvalue weighted by Crippen LogP contribution is -2.29. The number of alkyl halides is 3. The molecule has 0 aromatic carbocycles. The van der Waals surface area contributed by atoms with Crippen molar-refractivity contribution in [3.8, 4) is 0 Å². The van der Waals surface area contributed by atoms with Crippen molar-refractivity contribution in [3.05, 3.63) is 11.4 Å². The summed E-state index contributed by atoms with van der Waals surface area (Å²) in [6.07, 6.45) is -4.17. The summed E-state index contributed by atoms with van der Waals surface area (Å²) >= 11 is 0. The van der Waals surface area contributed by atoms with Crippen LogP contribution in [0.4, 0.5) is 13.2 Å². The van der Waals surface area contributed by atoms with Crippen LogP contribution in [0.5, 0.6) is 0 Å². The number of hydrogen-bond donors (Lipinski definition) is 2. The third kappa shape index (κ3) is 4.10. The van der Waals surface area contributed by atoms with Gasteiger partial charge >= 0.3 is 6.18 Å². The third-order valence-corrected chi connectivity index (χ3v) is 4.25. The minimum Gasteiger partial charge on any atom is -0.350 e. The second kappa shape index (κ2) is 5.48. The first-order valence-electron chi connectivity index (χ1n) is 5.97. The van der Waals surface area contributed by atoms with Gasteiger partial charge in [-0.1, -0.05) is 0 Å². The van der Waals surface area contributed by atoms with Crippen LogP contribution >= 0.6 is 10.7 Å². The average molecular weight is 346 g/mol. The van der Waals surface area contributed by atoms with Crippen LogP contribution in [0.25, 0.3) is 0 Å². The van der Waals surface area contributed by atoms with Gasteiger partial charge in [0.1, 0.15) is 4.90 Å². The number of H-pyrrole nitrogens is 1. The summed E-state index contributed by atoms with van der Waals surface area (Å²) in [5.41, 5.74) is -0.278. The molecule has 0 atom stereocenters. The molecule has 0 saturated heterocycles. The summed E-state index contributed by atoms with van der Waals surface area (Å²) < 4.78 is 59.1. The Kier molecular flexibility index (Phi) is 4.20. The number of nitrogens with one attached hydrogen (secondary N) is 2. The Morgan fingerprint density at radius 3 is 2.52 bits per heavy atom. The van der Waals surface area contributed by atoms with Crippen molar-refractivity contribution in [2.75, 3.05) is 6.54 Å². The van der Waals surface area contributed by atoms with Crippen LogP contribution in [0.2, 0.25) is 0 Å². The molecule has 21 heavy (non-hydrogen) atoms. The molecular formula is C10H11ClF3N3O3S. The van der Waals surface area contributed by atoms with E-state index >= 15 is 0 Å². The number of amides is 1. The predicted molar refractivity (Wildman–Crippen MR) is 66.6 cm³/mol. The molecule has 0 radical (unpaired) electrons. The van der Waals surface area contributed by atoms with Crippen molar-refractivity contribution in [2.24, 2.45) is 0 Å². The average Bonchev–Trinajstić information content (AvgIpc) is 3.04. The lowest BCUT2D eigenvalue weighted by Gasteiger charge is -2.07. The van der Waals surface area contributed by atoms with Crippen molar-refractivity contribution in [1.29, 1.82) is 0 Å². The van der Waals surface area contributed by atoms with Crippen LogP contribution in [-0.2, 0) is 9.05 Å². The Hall–Kier alpha value is -1.29. The summed E-state index contributed by atoms with van der Waals surface area (Å²) in [6, 6.07) is 0. The maximum absolute atomic E-state index is 12.0. The van der Waals surface area contributed by atoms with Crippen molar-refractivity contribution >= 4 is 25.6 Å². The molecule has 2 rings (SSSR count). The fourth-order valence-corrected chi connectivity index (χ4v) is 3.11. The van der Waals surface area contributed by atoms with Crippen molar-refractivity contribution in [2.45, 2.75) is 36.3 Å². The summed E-state index contributed by atoms with van der Waals surface area (Å²) in [5, 5.41) is 7.99. The van der Waals surface area contributed by atoms with Crippen LogP contribution in [-0.4, -0.2) is 37.2 Å². The normalized spacial score (nSPS) is 16.0. The van der Waals surface area contributed by atoms with E-state index < -0.39 is 44.7 Å². The third-order valence-electron chi connectivity index (χ3n) is 2.89. The Morgan fingerprint density at radius 2 is 2.05 bits per heavy atom. The van der Waals surface area contributed by atoms with E-state index in [1.54, 1.807) is 0 Å². The van der Waals surface area contributed by atoms with Crippen molar-refractivity contribution in [1.82, 2.24) is 15.5 Å². The van der Waals surface area contributed by atoms with Gasteiger partial charge < -0.3 is 5.32 Å². The molecule has 0 bridgehead atoms. The molecule has 1 aromatic rings. The number of carbonyl (C=O) groups excluding carboxylic acids is 1. The van der Waals surface area contributed by atoms with Crippen LogP contribution in [0.3, 0.4) is 0 Å². The molecule has 1 fully saturated rings. The van der Waals surface area contributed by atoms with E-state index in [0.29, 0.717) is 0 Å². The zero-order valence-electron chi connectivity index (χ0n) is 10.5. The van der Waals surface area contributed by atoms with Gasteiger partial charge in [0.2, 0.25) is 0 Å². The van der Waals surface area contributed by atoms with Gasteiger partial charge in [-0.3, -0.25) is 9.89 Å². The highest BCUT2D eigenvalue weighted by molar-refractivity contribution is 8.13. The lowest BCUT2D eigenvalue weighted by molar-refractivity contribution is -0.133. The first-order chi connectivity index (χ1) is 9.59. The van der Waals surface area contributed by atoms with E-state index in [1.807, 2.05) is 5.32 Å². The smallest absolute Gasteiger partial charge is 0.350 e. The molecule has 1 amide bonds. The van der Waals surface area contributed by atoms with Crippen molar-refractivity contribution < 1.29 is 26.4 Å². The van der Waals surface area contributed by atoms with E-state index in [4.69, 9.17) is 10.7 Å². The van der Waals surface area contributed by atoms with E-state index in [2.05, 4.69) is 10.2 Å². The minimum atomic E-state index is -4.42. The first kappa shape index (κ1) is 16.1. The Morgan fingerprint density at radius 1 is 1.43 bits per heavy atom. The highest BCUT2D eigenvalue weighted by Gasteiger charge is 2.36. The lowest BCUT2D eigenvalue weighted by atomic mass is 10.2. The standard InChI is InChI=1S/C10H11ClF3N3O3S/c11-21(19,20)8-6(5-1-2-5)16-17-7(8)9(18)15-4-3-10(12,13)14/h5H,1-4H2,(H,15,18)(H,16,17). The van der Waals surface area contributed by atoms with Gasteiger partial charge in [-0.05, 0) is 12.8 Å². The van der Waals surface area contributed by atoms with Crippen molar-refractivity contribution in [3.63, 3.8) is 0 Å². The van der Waals surface area contributed by atoms with Crippen LogP contribution in [0, 0.1) is 0 Å². The molecule has 1 aliphatic carbocycles. The maximum atomic E-state index is 12.0. The summed E-state index contributed by atoms with van der Waals surface area (Å²) in [4.78, 5) is 11.3. The predicted octanol–water partition coefficient (Wildman–Crippen LogP) is 1.90. The molecule has 11 heteroatoms. The van der Waals surface area contributed by atoms with Crippen LogP contribution in [0.15, 0.2) is 4.90 Å². The molecule has 2 N–H and O–H groups in total. The van der Waals surface area contributed by atoms with Crippen LogP contribution in [0.1, 0.15) is 41.4 Å².